The number of nitrogens with zero attached hydrogens (tertiary/aromatic N) is 1. The van der Waals surface area contributed by atoms with Gasteiger partial charge in [0.2, 0.25) is 0 Å². The van der Waals surface area contributed by atoms with Gasteiger partial charge in [-0.05, 0) is 12.1 Å². The summed E-state index contributed by atoms with van der Waals surface area (Å²) in [6, 6.07) is 9.90. The molecule has 0 bridgehead atoms. The Morgan fingerprint density at radius 3 is 2.73 bits per heavy atom. The number of benzene rings is 1. The molecule has 0 aliphatic carbocycles. The Hall–Kier alpha value is -2.04. The fraction of sp³-hybridized carbons (Fsp3) is 0.200. The van der Waals surface area contributed by atoms with E-state index < -0.39 is 0 Å². The highest BCUT2D eigenvalue weighted by molar-refractivity contribution is 5.42. The summed E-state index contributed by atoms with van der Waals surface area (Å²) in [5.41, 5.74) is 0.806. The predicted molar refractivity (Wildman–Crippen MR) is 57.8 cm³/mol. The first-order chi connectivity index (χ1) is 7.34. The Morgan fingerprint density at radius 1 is 1.27 bits per heavy atom. The number of aromatic nitrogens is 3. The number of aromatic amines is 2. The van der Waals surface area contributed by atoms with Crippen molar-refractivity contribution in [2.75, 3.05) is 11.9 Å². The summed E-state index contributed by atoms with van der Waals surface area (Å²) < 4.78 is 0. The molecule has 2 aromatic rings. The summed E-state index contributed by atoms with van der Waals surface area (Å²) in [6.07, 6.45) is 0.688. The summed E-state index contributed by atoms with van der Waals surface area (Å²) in [5.74, 6) is 0.670. The van der Waals surface area contributed by atoms with Crippen LogP contribution in [0.2, 0.25) is 0 Å². The number of nitrogens with one attached hydrogen (secondary N) is 3. The van der Waals surface area contributed by atoms with Gasteiger partial charge in [-0.1, -0.05) is 18.2 Å². The van der Waals surface area contributed by atoms with Crippen molar-refractivity contribution in [2.24, 2.45) is 0 Å². The van der Waals surface area contributed by atoms with Gasteiger partial charge in [0.15, 0.2) is 0 Å². The number of anilines is 1. The van der Waals surface area contributed by atoms with Crippen LogP contribution in [0.3, 0.4) is 0 Å². The van der Waals surface area contributed by atoms with Crippen molar-refractivity contribution in [2.45, 2.75) is 6.42 Å². The zero-order valence-corrected chi connectivity index (χ0v) is 8.16. The predicted octanol–water partition coefficient (Wildman–Crippen LogP) is 0.753. The molecule has 78 valence electrons. The van der Waals surface area contributed by atoms with Crippen LogP contribution in [0.4, 0.5) is 5.69 Å². The van der Waals surface area contributed by atoms with E-state index in [0.29, 0.717) is 12.2 Å². The molecule has 0 unspecified atom stereocenters. The minimum atomic E-state index is -0.260. The third kappa shape index (κ3) is 2.70. The summed E-state index contributed by atoms with van der Waals surface area (Å²) in [4.78, 5) is 13.3. The van der Waals surface area contributed by atoms with Crippen LogP contribution in [-0.2, 0) is 6.42 Å². The lowest BCUT2D eigenvalue weighted by Gasteiger charge is -2.03. The van der Waals surface area contributed by atoms with E-state index in [1.165, 1.54) is 0 Å². The van der Waals surface area contributed by atoms with E-state index >= 15 is 0 Å². The Labute approximate surface area is 86.5 Å². The lowest BCUT2D eigenvalue weighted by atomic mass is 10.3. The second kappa shape index (κ2) is 4.45. The smallest absolute Gasteiger partial charge is 0.340 e. The number of para-hydroxylation sites is 1. The zero-order chi connectivity index (χ0) is 10.5. The van der Waals surface area contributed by atoms with Gasteiger partial charge in [-0.15, -0.1) is 0 Å². The second-order valence-corrected chi connectivity index (χ2v) is 3.17. The van der Waals surface area contributed by atoms with E-state index in [0.717, 1.165) is 12.2 Å². The molecule has 0 fully saturated rings. The van der Waals surface area contributed by atoms with Gasteiger partial charge in [0.05, 0.1) is 0 Å². The molecule has 2 rings (SSSR count). The van der Waals surface area contributed by atoms with Crippen molar-refractivity contribution >= 4 is 5.69 Å². The number of rotatable bonds is 4. The van der Waals surface area contributed by atoms with Gasteiger partial charge in [0.1, 0.15) is 5.82 Å². The van der Waals surface area contributed by atoms with Gasteiger partial charge in [-0.2, -0.15) is 5.10 Å². The molecule has 1 aromatic carbocycles. The summed E-state index contributed by atoms with van der Waals surface area (Å²) in [6.45, 7) is 0.741. The zero-order valence-electron chi connectivity index (χ0n) is 8.16. The topological polar surface area (TPSA) is 73.6 Å². The van der Waals surface area contributed by atoms with E-state index in [2.05, 4.69) is 20.5 Å². The van der Waals surface area contributed by atoms with Crippen molar-refractivity contribution in [1.82, 2.24) is 15.2 Å². The summed E-state index contributed by atoms with van der Waals surface area (Å²) in [5, 5.41) is 9.37. The van der Waals surface area contributed by atoms with Crippen LogP contribution in [0.5, 0.6) is 0 Å². The first kappa shape index (κ1) is 9.51. The fourth-order valence-corrected chi connectivity index (χ4v) is 1.30. The van der Waals surface area contributed by atoms with Gasteiger partial charge in [0.25, 0.3) is 0 Å². The summed E-state index contributed by atoms with van der Waals surface area (Å²) in [7, 11) is 0. The molecule has 0 saturated heterocycles. The van der Waals surface area contributed by atoms with Crippen LogP contribution < -0.4 is 11.0 Å². The summed E-state index contributed by atoms with van der Waals surface area (Å²) >= 11 is 0. The van der Waals surface area contributed by atoms with Gasteiger partial charge in [0, 0.05) is 18.7 Å². The lowest BCUT2D eigenvalue weighted by Crippen LogP contribution is -2.07. The number of hydrogen-bond donors (Lipinski definition) is 3. The van der Waals surface area contributed by atoms with Crippen LogP contribution >= 0.6 is 0 Å². The molecule has 5 heteroatoms. The van der Waals surface area contributed by atoms with Gasteiger partial charge in [-0.25, -0.2) is 9.89 Å². The largest absolute Gasteiger partial charge is 0.385 e. The minimum absolute atomic E-state index is 0.260. The molecule has 0 radical (unpaired) electrons. The molecule has 1 aromatic heterocycles. The highest BCUT2D eigenvalue weighted by atomic mass is 16.1. The third-order valence-electron chi connectivity index (χ3n) is 2.01. The van der Waals surface area contributed by atoms with E-state index in [1.54, 1.807) is 0 Å². The van der Waals surface area contributed by atoms with Crippen LogP contribution in [-0.4, -0.2) is 21.7 Å². The maximum Gasteiger partial charge on any atom is 0.340 e. The fourth-order valence-electron chi connectivity index (χ4n) is 1.30. The quantitative estimate of drug-likeness (QED) is 0.688. The number of hydrogen-bond acceptors (Lipinski definition) is 3. The molecule has 5 nitrogen and oxygen atoms in total. The molecule has 0 atom stereocenters. The molecule has 0 aliphatic heterocycles. The molecule has 0 aliphatic rings. The van der Waals surface area contributed by atoms with Crippen LogP contribution in [0.1, 0.15) is 5.82 Å². The molecule has 15 heavy (non-hydrogen) atoms. The Balaban J connectivity index is 1.83. The second-order valence-electron chi connectivity index (χ2n) is 3.17. The van der Waals surface area contributed by atoms with Crippen molar-refractivity contribution < 1.29 is 0 Å². The Bertz CT molecular complexity index is 460. The van der Waals surface area contributed by atoms with Gasteiger partial charge >= 0.3 is 5.69 Å². The van der Waals surface area contributed by atoms with Crippen molar-refractivity contribution in [3.05, 3.63) is 46.6 Å². The Morgan fingerprint density at radius 2 is 2.07 bits per heavy atom. The van der Waals surface area contributed by atoms with Gasteiger partial charge in [-0.3, -0.25) is 4.98 Å². The van der Waals surface area contributed by atoms with E-state index in [4.69, 9.17) is 0 Å². The molecule has 3 N–H and O–H groups in total. The molecule has 0 spiro atoms. The number of H-pyrrole nitrogens is 2. The normalized spacial score (nSPS) is 10.1. The standard InChI is InChI=1S/C10H12N4O/c15-10-12-9(13-14-10)6-7-11-8-4-2-1-3-5-8/h1-5,11H,6-7H2,(H2,12,13,14,15). The van der Waals surface area contributed by atoms with E-state index in [-0.39, 0.29) is 5.69 Å². The van der Waals surface area contributed by atoms with Crippen LogP contribution in [0, 0.1) is 0 Å². The van der Waals surface area contributed by atoms with Crippen molar-refractivity contribution in [1.29, 1.82) is 0 Å². The first-order valence-corrected chi connectivity index (χ1v) is 4.77. The SMILES string of the molecule is O=c1[nH]nc(CCNc2ccccc2)[nH]1. The minimum Gasteiger partial charge on any atom is -0.385 e. The maximum absolute atomic E-state index is 10.7. The maximum atomic E-state index is 10.7. The van der Waals surface area contributed by atoms with E-state index in [1.807, 2.05) is 30.3 Å². The third-order valence-corrected chi connectivity index (χ3v) is 2.01. The highest BCUT2D eigenvalue weighted by Crippen LogP contribution is 2.04. The lowest BCUT2D eigenvalue weighted by molar-refractivity contribution is 0.901. The average molecular weight is 204 g/mol. The van der Waals surface area contributed by atoms with Crippen molar-refractivity contribution in [3.8, 4) is 0 Å². The first-order valence-electron chi connectivity index (χ1n) is 4.77. The van der Waals surface area contributed by atoms with Crippen LogP contribution in [0.25, 0.3) is 0 Å². The molecule has 0 amide bonds. The molecular formula is C10H12N4O. The Kier molecular flexibility index (Phi) is 2.82. The monoisotopic (exact) mass is 204 g/mol. The van der Waals surface area contributed by atoms with E-state index in [9.17, 15) is 4.79 Å². The average Bonchev–Trinajstić information content (AvgIpc) is 2.66. The van der Waals surface area contributed by atoms with Crippen molar-refractivity contribution in [3.63, 3.8) is 0 Å². The molecule has 1 heterocycles. The molecular weight excluding hydrogens is 192 g/mol. The van der Waals surface area contributed by atoms with Crippen LogP contribution in [0.15, 0.2) is 35.1 Å². The highest BCUT2D eigenvalue weighted by Gasteiger charge is 1.97. The van der Waals surface area contributed by atoms with Gasteiger partial charge < -0.3 is 5.32 Å². The molecule has 0 saturated carbocycles.